The number of hydrogen-bond donors (Lipinski definition) is 3. The van der Waals surface area contributed by atoms with Crippen molar-refractivity contribution < 1.29 is 14.3 Å². The third kappa shape index (κ3) is 7.01. The van der Waals surface area contributed by atoms with Crippen molar-refractivity contribution in [3.05, 3.63) is 114 Å². The van der Waals surface area contributed by atoms with Gasteiger partial charge in [0.15, 0.2) is 0 Å². The van der Waals surface area contributed by atoms with Gasteiger partial charge in [-0.25, -0.2) is 4.79 Å². The Labute approximate surface area is 247 Å². The average Bonchev–Trinajstić information content (AvgIpc) is 3.04. The fourth-order valence-corrected chi connectivity index (χ4v) is 5.19. The van der Waals surface area contributed by atoms with Gasteiger partial charge in [-0.05, 0) is 60.0 Å². The van der Waals surface area contributed by atoms with E-state index in [0.717, 1.165) is 66.5 Å². The lowest BCUT2D eigenvalue weighted by molar-refractivity contribution is 0.0951. The summed E-state index contributed by atoms with van der Waals surface area (Å²) in [6, 6.07) is 30.8. The molecule has 5 rings (SSSR count). The van der Waals surface area contributed by atoms with E-state index in [9.17, 15) is 9.59 Å². The Kier molecular flexibility index (Phi) is 9.23. The predicted octanol–water partition coefficient (Wildman–Crippen LogP) is 6.16. The average molecular weight is 564 g/mol. The molecule has 0 saturated carbocycles. The van der Waals surface area contributed by atoms with Crippen LogP contribution >= 0.6 is 0 Å². The Bertz CT molecular complexity index is 1520. The molecule has 3 N–H and O–H groups in total. The number of benzene rings is 4. The van der Waals surface area contributed by atoms with E-state index in [1.165, 1.54) is 0 Å². The molecule has 3 amide bonds. The number of ether oxygens (including phenoxy) is 1. The summed E-state index contributed by atoms with van der Waals surface area (Å²) in [6.45, 7) is 5.52. The molecule has 1 aliphatic rings. The molecule has 0 aliphatic carbocycles. The number of carbonyl (C=O) groups excluding carboxylic acids is 2. The van der Waals surface area contributed by atoms with Crippen molar-refractivity contribution in [3.63, 3.8) is 0 Å². The third-order valence-corrected chi connectivity index (χ3v) is 7.43. The molecule has 1 aliphatic heterocycles. The van der Waals surface area contributed by atoms with Crippen molar-refractivity contribution in [3.8, 4) is 5.75 Å². The molecule has 0 bridgehead atoms. The number of amides is 3. The normalized spacial score (nSPS) is 12.9. The van der Waals surface area contributed by atoms with Gasteiger partial charge in [-0.1, -0.05) is 61.5 Å². The minimum atomic E-state index is -0.364. The van der Waals surface area contributed by atoms with Gasteiger partial charge in [0.2, 0.25) is 0 Å². The van der Waals surface area contributed by atoms with Gasteiger partial charge in [-0.2, -0.15) is 0 Å². The number of urea groups is 1. The monoisotopic (exact) mass is 563 g/mol. The molecule has 0 unspecified atom stereocenters. The molecule has 8 heteroatoms. The number of rotatable bonds is 9. The Balaban J connectivity index is 1.33. The number of para-hydroxylation sites is 2. The standard InChI is InChI=1S/C34H37N5O3/c1-3-25-12-9-13-27(22-25)36-34(41)37-28-16-17-30(29(23-28)33(40)35-24-26-10-5-4-6-11-26)38-18-20-39(21-19-38)31-14-7-8-15-32(31)42-2/h4-17,22-23H,3,18-21,24H2,1-2H3,(H,35,40)(H2,36,37,41). The maximum absolute atomic E-state index is 13.6. The summed E-state index contributed by atoms with van der Waals surface area (Å²) in [5, 5.41) is 8.85. The van der Waals surface area contributed by atoms with E-state index in [0.29, 0.717) is 17.8 Å². The first kappa shape index (κ1) is 28.5. The summed E-state index contributed by atoms with van der Waals surface area (Å²) < 4.78 is 5.57. The Morgan fingerprint density at radius 1 is 0.714 bits per heavy atom. The SMILES string of the molecule is CCc1cccc(NC(=O)Nc2ccc(N3CCN(c4ccccc4OC)CC3)c(C(=O)NCc3ccccc3)c2)c1. The molecular weight excluding hydrogens is 526 g/mol. The van der Waals surface area contributed by atoms with Crippen LogP contribution in [0.4, 0.5) is 27.5 Å². The van der Waals surface area contributed by atoms with Gasteiger partial charge < -0.3 is 30.5 Å². The second-order valence-corrected chi connectivity index (χ2v) is 10.2. The maximum atomic E-state index is 13.6. The van der Waals surface area contributed by atoms with Gasteiger partial charge in [0.1, 0.15) is 5.75 Å². The number of hydrogen-bond acceptors (Lipinski definition) is 5. The molecule has 216 valence electrons. The van der Waals surface area contributed by atoms with E-state index in [2.05, 4.69) is 38.7 Å². The fraction of sp³-hybridized carbons (Fsp3) is 0.235. The van der Waals surface area contributed by atoms with E-state index >= 15 is 0 Å². The maximum Gasteiger partial charge on any atom is 0.323 e. The van der Waals surface area contributed by atoms with Gasteiger partial charge >= 0.3 is 6.03 Å². The topological polar surface area (TPSA) is 85.9 Å². The summed E-state index contributed by atoms with van der Waals surface area (Å²) in [5.41, 5.74) is 5.83. The van der Waals surface area contributed by atoms with Crippen LogP contribution in [-0.4, -0.2) is 45.2 Å². The number of piperazine rings is 1. The second kappa shape index (κ2) is 13.6. The third-order valence-electron chi connectivity index (χ3n) is 7.43. The van der Waals surface area contributed by atoms with Crippen molar-refractivity contribution in [1.82, 2.24) is 5.32 Å². The zero-order chi connectivity index (χ0) is 29.3. The highest BCUT2D eigenvalue weighted by Crippen LogP contribution is 2.31. The molecule has 4 aromatic rings. The molecule has 8 nitrogen and oxygen atoms in total. The Morgan fingerprint density at radius 3 is 2.07 bits per heavy atom. The molecular formula is C34H37N5O3. The predicted molar refractivity (Wildman–Crippen MR) is 170 cm³/mol. The molecule has 0 atom stereocenters. The quantitative estimate of drug-likeness (QED) is 0.227. The highest BCUT2D eigenvalue weighted by atomic mass is 16.5. The van der Waals surface area contributed by atoms with E-state index < -0.39 is 0 Å². The van der Waals surface area contributed by atoms with Gasteiger partial charge in [0, 0.05) is 49.8 Å². The molecule has 1 heterocycles. The molecule has 1 fully saturated rings. The van der Waals surface area contributed by atoms with Crippen LogP contribution in [0.15, 0.2) is 97.1 Å². The Morgan fingerprint density at radius 2 is 1.36 bits per heavy atom. The number of methoxy groups -OCH3 is 1. The largest absolute Gasteiger partial charge is 0.495 e. The Hall–Kier alpha value is -4.98. The second-order valence-electron chi connectivity index (χ2n) is 10.2. The van der Waals surface area contributed by atoms with Crippen molar-refractivity contribution in [1.29, 1.82) is 0 Å². The zero-order valence-electron chi connectivity index (χ0n) is 24.1. The molecule has 0 radical (unpaired) electrons. The number of aryl methyl sites for hydroxylation is 1. The summed E-state index contributed by atoms with van der Waals surface area (Å²) in [5.74, 6) is 0.655. The van der Waals surface area contributed by atoms with Crippen molar-refractivity contribution in [2.24, 2.45) is 0 Å². The van der Waals surface area contributed by atoms with Crippen LogP contribution in [0.25, 0.3) is 0 Å². The smallest absolute Gasteiger partial charge is 0.323 e. The van der Waals surface area contributed by atoms with Crippen molar-refractivity contribution in [2.45, 2.75) is 19.9 Å². The molecule has 42 heavy (non-hydrogen) atoms. The van der Waals surface area contributed by atoms with Gasteiger partial charge in [0.05, 0.1) is 18.4 Å². The van der Waals surface area contributed by atoms with E-state index in [-0.39, 0.29) is 11.9 Å². The molecule has 0 spiro atoms. The lowest BCUT2D eigenvalue weighted by Gasteiger charge is -2.38. The van der Waals surface area contributed by atoms with Crippen molar-refractivity contribution >= 4 is 34.7 Å². The highest BCUT2D eigenvalue weighted by molar-refractivity contribution is 6.04. The van der Waals surface area contributed by atoms with Crippen LogP contribution in [0.2, 0.25) is 0 Å². The van der Waals surface area contributed by atoms with Crippen LogP contribution in [0.3, 0.4) is 0 Å². The van der Waals surface area contributed by atoms with Crippen LogP contribution in [0, 0.1) is 0 Å². The number of nitrogens with one attached hydrogen (secondary N) is 3. The van der Waals surface area contributed by atoms with Crippen LogP contribution < -0.4 is 30.5 Å². The van der Waals surface area contributed by atoms with Crippen LogP contribution in [0.5, 0.6) is 5.75 Å². The van der Waals surface area contributed by atoms with Crippen LogP contribution in [0.1, 0.15) is 28.4 Å². The minimum Gasteiger partial charge on any atom is -0.495 e. The first-order valence-corrected chi connectivity index (χ1v) is 14.3. The van der Waals surface area contributed by atoms with Gasteiger partial charge in [-0.3, -0.25) is 4.79 Å². The summed E-state index contributed by atoms with van der Waals surface area (Å²) in [7, 11) is 1.69. The first-order valence-electron chi connectivity index (χ1n) is 14.3. The molecule has 0 aromatic heterocycles. The lowest BCUT2D eigenvalue weighted by Crippen LogP contribution is -2.47. The molecule has 1 saturated heterocycles. The summed E-state index contributed by atoms with van der Waals surface area (Å²) in [6.07, 6.45) is 0.882. The number of nitrogens with zero attached hydrogens (tertiary/aromatic N) is 2. The van der Waals surface area contributed by atoms with Crippen molar-refractivity contribution in [2.75, 3.05) is 53.7 Å². The number of carbonyl (C=O) groups is 2. The van der Waals surface area contributed by atoms with Gasteiger partial charge in [-0.15, -0.1) is 0 Å². The first-order chi connectivity index (χ1) is 20.5. The van der Waals surface area contributed by atoms with E-state index in [1.807, 2.05) is 84.9 Å². The number of anilines is 4. The zero-order valence-corrected chi connectivity index (χ0v) is 24.1. The highest BCUT2D eigenvalue weighted by Gasteiger charge is 2.24. The van der Waals surface area contributed by atoms with Gasteiger partial charge in [0.25, 0.3) is 5.91 Å². The van der Waals surface area contributed by atoms with E-state index in [4.69, 9.17) is 4.74 Å². The molecule has 4 aromatic carbocycles. The minimum absolute atomic E-state index is 0.194. The van der Waals surface area contributed by atoms with Crippen LogP contribution in [-0.2, 0) is 13.0 Å². The summed E-state index contributed by atoms with van der Waals surface area (Å²) in [4.78, 5) is 30.9. The van der Waals surface area contributed by atoms with E-state index in [1.54, 1.807) is 13.2 Å². The lowest BCUT2D eigenvalue weighted by atomic mass is 10.1. The summed E-state index contributed by atoms with van der Waals surface area (Å²) >= 11 is 0. The fourth-order valence-electron chi connectivity index (χ4n) is 5.19.